The van der Waals surface area contributed by atoms with Gasteiger partial charge in [-0.3, -0.25) is 9.59 Å². The number of amides is 2. The third-order valence-electron chi connectivity index (χ3n) is 3.20. The normalized spacial score (nSPS) is 10.2. The molecule has 6 heteroatoms. The van der Waals surface area contributed by atoms with Gasteiger partial charge in [0.15, 0.2) is 0 Å². The van der Waals surface area contributed by atoms with Gasteiger partial charge in [-0.05, 0) is 29.7 Å². The summed E-state index contributed by atoms with van der Waals surface area (Å²) in [6.07, 6.45) is 0.670. The smallest absolute Gasteiger partial charge is 0.309 e. The average molecular weight is 351 g/mol. The van der Waals surface area contributed by atoms with Gasteiger partial charge < -0.3 is 10.6 Å². The van der Waals surface area contributed by atoms with Gasteiger partial charge in [0.05, 0.1) is 0 Å². The molecule has 2 amide bonds. The molecular formula is C17H16Cl2N2O2. The van der Waals surface area contributed by atoms with Crippen LogP contribution in [0.4, 0.5) is 0 Å². The highest BCUT2D eigenvalue weighted by Crippen LogP contribution is 2.20. The molecule has 0 spiro atoms. The Labute approximate surface area is 144 Å². The van der Waals surface area contributed by atoms with Crippen LogP contribution >= 0.6 is 23.2 Å². The summed E-state index contributed by atoms with van der Waals surface area (Å²) in [6.45, 7) is 0.568. The van der Waals surface area contributed by atoms with Crippen molar-refractivity contribution in [3.8, 4) is 0 Å². The Morgan fingerprint density at radius 3 is 2.30 bits per heavy atom. The Bertz CT molecular complexity index is 690. The van der Waals surface area contributed by atoms with E-state index in [0.29, 0.717) is 28.6 Å². The van der Waals surface area contributed by atoms with Crippen LogP contribution in [-0.4, -0.2) is 18.4 Å². The number of nitrogens with one attached hydrogen (secondary N) is 2. The Hall–Kier alpha value is -2.04. The minimum atomic E-state index is -0.691. The SMILES string of the molecule is O=C(NCCc1ccccc1)C(=O)NCc1ccc(Cl)cc1Cl. The highest BCUT2D eigenvalue weighted by atomic mass is 35.5. The quantitative estimate of drug-likeness (QED) is 0.814. The minimum absolute atomic E-state index is 0.168. The summed E-state index contributed by atoms with van der Waals surface area (Å²) >= 11 is 11.8. The summed E-state index contributed by atoms with van der Waals surface area (Å²) in [6, 6.07) is 14.7. The molecule has 0 saturated carbocycles. The molecule has 0 aromatic heterocycles. The van der Waals surface area contributed by atoms with E-state index in [1.807, 2.05) is 30.3 Å². The van der Waals surface area contributed by atoms with E-state index in [2.05, 4.69) is 10.6 Å². The number of hydrogen-bond acceptors (Lipinski definition) is 2. The Balaban J connectivity index is 1.75. The molecule has 2 aromatic carbocycles. The highest BCUT2D eigenvalue weighted by Gasteiger charge is 2.13. The van der Waals surface area contributed by atoms with E-state index in [-0.39, 0.29) is 6.54 Å². The fraction of sp³-hybridized carbons (Fsp3) is 0.176. The van der Waals surface area contributed by atoms with Gasteiger partial charge in [-0.15, -0.1) is 0 Å². The van der Waals surface area contributed by atoms with Crippen LogP contribution in [0.15, 0.2) is 48.5 Å². The maximum absolute atomic E-state index is 11.7. The first-order valence-electron chi connectivity index (χ1n) is 7.10. The molecule has 0 radical (unpaired) electrons. The number of hydrogen-bond donors (Lipinski definition) is 2. The molecule has 0 bridgehead atoms. The Morgan fingerprint density at radius 1 is 0.913 bits per heavy atom. The van der Waals surface area contributed by atoms with Crippen LogP contribution in [0, 0.1) is 0 Å². The molecule has 0 saturated heterocycles. The van der Waals surface area contributed by atoms with Gasteiger partial charge in [-0.2, -0.15) is 0 Å². The van der Waals surface area contributed by atoms with Crippen molar-refractivity contribution in [2.75, 3.05) is 6.54 Å². The summed E-state index contributed by atoms with van der Waals surface area (Å²) in [7, 11) is 0. The van der Waals surface area contributed by atoms with Crippen LogP contribution in [0.1, 0.15) is 11.1 Å². The number of benzene rings is 2. The molecule has 0 aliphatic carbocycles. The van der Waals surface area contributed by atoms with Crippen molar-refractivity contribution in [3.05, 3.63) is 69.7 Å². The van der Waals surface area contributed by atoms with Gasteiger partial charge in [0, 0.05) is 23.1 Å². The van der Waals surface area contributed by atoms with Crippen molar-refractivity contribution < 1.29 is 9.59 Å². The molecule has 0 fully saturated rings. The summed E-state index contributed by atoms with van der Waals surface area (Å²) in [5.74, 6) is -1.35. The van der Waals surface area contributed by atoms with E-state index in [1.54, 1.807) is 18.2 Å². The standard InChI is InChI=1S/C17H16Cl2N2O2/c18-14-7-6-13(15(19)10-14)11-21-17(23)16(22)20-9-8-12-4-2-1-3-5-12/h1-7,10H,8-9,11H2,(H,20,22)(H,21,23). The molecule has 23 heavy (non-hydrogen) atoms. The number of rotatable bonds is 5. The second-order valence-corrected chi connectivity index (χ2v) is 5.75. The van der Waals surface area contributed by atoms with E-state index < -0.39 is 11.8 Å². The van der Waals surface area contributed by atoms with E-state index in [9.17, 15) is 9.59 Å². The van der Waals surface area contributed by atoms with E-state index in [4.69, 9.17) is 23.2 Å². The van der Waals surface area contributed by atoms with Crippen LogP contribution in [0.25, 0.3) is 0 Å². The lowest BCUT2D eigenvalue weighted by atomic mass is 10.1. The number of carbonyl (C=O) groups is 2. The lowest BCUT2D eigenvalue weighted by Crippen LogP contribution is -2.40. The van der Waals surface area contributed by atoms with Crippen molar-refractivity contribution in [2.24, 2.45) is 0 Å². The summed E-state index contributed by atoms with van der Waals surface area (Å²) in [5.41, 5.74) is 1.79. The zero-order chi connectivity index (χ0) is 16.7. The maximum atomic E-state index is 11.7. The molecule has 2 aromatic rings. The van der Waals surface area contributed by atoms with Gasteiger partial charge in [0.25, 0.3) is 0 Å². The van der Waals surface area contributed by atoms with Crippen LogP contribution in [0.3, 0.4) is 0 Å². The van der Waals surface area contributed by atoms with Crippen molar-refractivity contribution in [1.82, 2.24) is 10.6 Å². The van der Waals surface area contributed by atoms with Gasteiger partial charge in [-0.1, -0.05) is 59.6 Å². The molecule has 0 heterocycles. The summed E-state index contributed by atoms with van der Waals surface area (Å²) in [4.78, 5) is 23.5. The average Bonchev–Trinajstić information content (AvgIpc) is 2.54. The first-order chi connectivity index (χ1) is 11.1. The molecule has 120 valence electrons. The van der Waals surface area contributed by atoms with Crippen molar-refractivity contribution in [1.29, 1.82) is 0 Å². The van der Waals surface area contributed by atoms with E-state index in [1.165, 1.54) is 0 Å². The molecule has 0 unspecified atom stereocenters. The number of carbonyl (C=O) groups excluding carboxylic acids is 2. The summed E-state index contributed by atoms with van der Waals surface area (Å²) < 4.78 is 0. The molecular weight excluding hydrogens is 335 g/mol. The monoisotopic (exact) mass is 350 g/mol. The zero-order valence-electron chi connectivity index (χ0n) is 12.3. The topological polar surface area (TPSA) is 58.2 Å². The van der Waals surface area contributed by atoms with Crippen LogP contribution < -0.4 is 10.6 Å². The zero-order valence-corrected chi connectivity index (χ0v) is 13.8. The van der Waals surface area contributed by atoms with Crippen LogP contribution in [0.2, 0.25) is 10.0 Å². The van der Waals surface area contributed by atoms with Gasteiger partial charge in [-0.25, -0.2) is 0 Å². The molecule has 2 N–H and O–H groups in total. The Morgan fingerprint density at radius 2 is 1.61 bits per heavy atom. The van der Waals surface area contributed by atoms with Crippen molar-refractivity contribution in [2.45, 2.75) is 13.0 Å². The van der Waals surface area contributed by atoms with Crippen LogP contribution in [0.5, 0.6) is 0 Å². The third kappa shape index (κ3) is 5.58. The lowest BCUT2D eigenvalue weighted by molar-refractivity contribution is -0.139. The van der Waals surface area contributed by atoms with E-state index in [0.717, 1.165) is 5.56 Å². The molecule has 0 aliphatic heterocycles. The molecule has 0 aliphatic rings. The second kappa shape index (κ2) is 8.56. The summed E-state index contributed by atoms with van der Waals surface area (Å²) in [5, 5.41) is 6.08. The van der Waals surface area contributed by atoms with E-state index >= 15 is 0 Å². The van der Waals surface area contributed by atoms with Gasteiger partial charge >= 0.3 is 11.8 Å². The fourth-order valence-corrected chi connectivity index (χ4v) is 2.44. The maximum Gasteiger partial charge on any atom is 0.309 e. The van der Waals surface area contributed by atoms with Crippen molar-refractivity contribution in [3.63, 3.8) is 0 Å². The largest absolute Gasteiger partial charge is 0.348 e. The molecule has 4 nitrogen and oxygen atoms in total. The van der Waals surface area contributed by atoms with Gasteiger partial charge in [0.1, 0.15) is 0 Å². The lowest BCUT2D eigenvalue weighted by Gasteiger charge is -2.08. The molecule has 0 atom stereocenters. The second-order valence-electron chi connectivity index (χ2n) is 4.91. The third-order valence-corrected chi connectivity index (χ3v) is 3.79. The van der Waals surface area contributed by atoms with Crippen LogP contribution in [-0.2, 0) is 22.6 Å². The van der Waals surface area contributed by atoms with Gasteiger partial charge in [0.2, 0.25) is 0 Å². The van der Waals surface area contributed by atoms with Crippen molar-refractivity contribution >= 4 is 35.0 Å². The predicted molar refractivity (Wildman–Crippen MR) is 91.5 cm³/mol. The first-order valence-corrected chi connectivity index (χ1v) is 7.86. The minimum Gasteiger partial charge on any atom is -0.348 e. The highest BCUT2D eigenvalue weighted by molar-refractivity contribution is 6.36. The molecule has 2 rings (SSSR count). The number of halogens is 2. The Kier molecular flexibility index (Phi) is 6.44. The predicted octanol–water partition coefficient (Wildman–Crippen LogP) is 2.97. The fourth-order valence-electron chi connectivity index (χ4n) is 1.97. The first kappa shape index (κ1) is 17.3.